The molecule has 31 heavy (non-hydrogen) atoms. The van der Waals surface area contributed by atoms with Crippen molar-refractivity contribution in [2.45, 2.75) is 88.1 Å². The van der Waals surface area contributed by atoms with Crippen LogP contribution in [0.5, 0.6) is 0 Å². The number of pyridine rings is 1. The Bertz CT molecular complexity index is 924. The van der Waals surface area contributed by atoms with Crippen molar-refractivity contribution in [3.8, 4) is 0 Å². The molecule has 1 aromatic rings. The molecule has 1 N–H and O–H groups in total. The highest BCUT2D eigenvalue weighted by Crippen LogP contribution is 2.66. The predicted octanol–water partition coefficient (Wildman–Crippen LogP) is 4.63. The van der Waals surface area contributed by atoms with Gasteiger partial charge in [0.25, 0.3) is 0 Å². The Morgan fingerprint density at radius 3 is 2.94 bits per heavy atom. The summed E-state index contributed by atoms with van der Waals surface area (Å²) in [5.41, 5.74) is 4.61. The molecule has 6 atom stereocenters. The number of hydrogen-bond donors (Lipinski definition) is 1. The fourth-order valence-electron chi connectivity index (χ4n) is 7.90. The normalized spacial score (nSPS) is 43.2. The lowest BCUT2D eigenvalue weighted by Crippen LogP contribution is -2.56. The lowest BCUT2D eigenvalue weighted by atomic mass is 9.60. The van der Waals surface area contributed by atoms with E-state index in [0.29, 0.717) is 18.0 Å². The maximum atomic E-state index is 7.35. The molecule has 0 radical (unpaired) electrons. The second kappa shape index (κ2) is 7.00. The highest BCUT2D eigenvalue weighted by atomic mass is 16.5. The van der Waals surface area contributed by atoms with Crippen LogP contribution in [0.1, 0.15) is 63.9 Å². The second-order valence-corrected chi connectivity index (χ2v) is 11.3. The van der Waals surface area contributed by atoms with Crippen LogP contribution in [0.3, 0.4) is 0 Å². The smallest absolute Gasteiger partial charge is 0.0975 e. The van der Waals surface area contributed by atoms with Crippen LogP contribution in [0.25, 0.3) is 0 Å². The number of rotatable bonds is 4. The Hall–Kier alpha value is -1.49. The molecule has 3 aliphatic carbocycles. The summed E-state index contributed by atoms with van der Waals surface area (Å²) >= 11 is 0. The molecule has 2 spiro atoms. The first-order valence-electron chi connectivity index (χ1n) is 12.4. The van der Waals surface area contributed by atoms with E-state index in [1.165, 1.54) is 62.5 Å². The van der Waals surface area contributed by atoms with Gasteiger partial charge in [-0.1, -0.05) is 25.1 Å². The maximum Gasteiger partial charge on any atom is 0.0975 e. The van der Waals surface area contributed by atoms with Gasteiger partial charge in [-0.25, -0.2) is 0 Å². The molecule has 3 fully saturated rings. The Morgan fingerprint density at radius 2 is 2.13 bits per heavy atom. The van der Waals surface area contributed by atoms with Crippen molar-refractivity contribution >= 4 is 0 Å². The van der Waals surface area contributed by atoms with E-state index < -0.39 is 0 Å². The minimum absolute atomic E-state index is 0.00397. The number of nitrogens with zero attached hydrogens (tertiary/aromatic N) is 2. The van der Waals surface area contributed by atoms with E-state index in [2.05, 4.69) is 54.4 Å². The average Bonchev–Trinajstić information content (AvgIpc) is 3.27. The van der Waals surface area contributed by atoms with Gasteiger partial charge in [0.2, 0.25) is 0 Å². The molecule has 4 nitrogen and oxygen atoms in total. The van der Waals surface area contributed by atoms with E-state index in [4.69, 9.17) is 4.74 Å². The standard InChI is InChI=1S/C27H37N3O/c1-25-11-10-21-15-20-6-7-22(30(2)3)16-26(20)12-13-27(21,31-26)23(25)8-9-24(25)29-18-19-5-4-14-28-17-19/h4-5,10,14-15,17,22-24,29H,6-9,11-13,16,18H2,1-3H3/t22?,23?,24?,25?,26-,27-/m1/s1. The third kappa shape index (κ3) is 2.87. The first-order valence-corrected chi connectivity index (χ1v) is 12.4. The summed E-state index contributed by atoms with van der Waals surface area (Å²) in [6, 6.07) is 5.39. The summed E-state index contributed by atoms with van der Waals surface area (Å²) < 4.78 is 7.35. The van der Waals surface area contributed by atoms with Crippen molar-refractivity contribution in [3.05, 3.63) is 53.4 Å². The molecular formula is C27H37N3O. The molecule has 5 aliphatic rings. The van der Waals surface area contributed by atoms with Crippen LogP contribution in [-0.4, -0.2) is 47.3 Å². The minimum atomic E-state index is -0.0462. The first kappa shape index (κ1) is 20.1. The van der Waals surface area contributed by atoms with Gasteiger partial charge in [0.05, 0.1) is 11.2 Å². The summed E-state index contributed by atoms with van der Waals surface area (Å²) in [7, 11) is 4.48. The van der Waals surface area contributed by atoms with Gasteiger partial charge < -0.3 is 15.0 Å². The van der Waals surface area contributed by atoms with Gasteiger partial charge in [0.1, 0.15) is 0 Å². The maximum absolute atomic E-state index is 7.35. The average molecular weight is 420 g/mol. The van der Waals surface area contributed by atoms with E-state index in [9.17, 15) is 0 Å². The number of allylic oxidation sites excluding steroid dienone is 1. The molecule has 0 aromatic carbocycles. The Morgan fingerprint density at radius 1 is 1.23 bits per heavy atom. The van der Waals surface area contributed by atoms with Gasteiger partial charge in [-0.3, -0.25) is 4.98 Å². The number of nitrogens with one attached hydrogen (secondary N) is 1. The lowest BCUT2D eigenvalue weighted by molar-refractivity contribution is -0.140. The minimum Gasteiger partial charge on any atom is -0.359 e. The Balaban J connectivity index is 1.29. The van der Waals surface area contributed by atoms with Crippen LogP contribution in [-0.2, 0) is 11.3 Å². The van der Waals surface area contributed by atoms with Crippen LogP contribution in [0.2, 0.25) is 0 Å². The van der Waals surface area contributed by atoms with Gasteiger partial charge >= 0.3 is 0 Å². The first-order chi connectivity index (χ1) is 15.0. The van der Waals surface area contributed by atoms with E-state index in [1.807, 2.05) is 18.5 Å². The summed E-state index contributed by atoms with van der Waals surface area (Å²) in [5, 5.41) is 3.92. The molecular weight excluding hydrogens is 382 g/mol. The third-order valence-electron chi connectivity index (χ3n) is 9.66. The van der Waals surface area contributed by atoms with Crippen molar-refractivity contribution in [1.82, 2.24) is 15.2 Å². The molecule has 166 valence electrons. The van der Waals surface area contributed by atoms with Gasteiger partial charge in [-0.2, -0.15) is 0 Å². The van der Waals surface area contributed by atoms with Gasteiger partial charge in [0, 0.05) is 31.0 Å². The molecule has 0 amide bonds. The summed E-state index contributed by atoms with van der Waals surface area (Å²) in [4.78, 5) is 6.71. The van der Waals surface area contributed by atoms with Crippen LogP contribution in [0.15, 0.2) is 47.8 Å². The molecule has 3 heterocycles. The van der Waals surface area contributed by atoms with Crippen molar-refractivity contribution in [2.24, 2.45) is 11.3 Å². The van der Waals surface area contributed by atoms with Crippen LogP contribution in [0.4, 0.5) is 0 Å². The zero-order valence-corrected chi connectivity index (χ0v) is 19.4. The van der Waals surface area contributed by atoms with E-state index in [-0.39, 0.29) is 16.6 Å². The molecule has 2 bridgehead atoms. The highest BCUT2D eigenvalue weighted by molar-refractivity contribution is 5.47. The zero-order valence-electron chi connectivity index (χ0n) is 19.4. The fourth-order valence-corrected chi connectivity index (χ4v) is 7.90. The number of aromatic nitrogens is 1. The Labute approximate surface area is 187 Å². The zero-order chi connectivity index (χ0) is 21.3. The van der Waals surface area contributed by atoms with E-state index in [0.717, 1.165) is 6.54 Å². The third-order valence-corrected chi connectivity index (χ3v) is 9.66. The van der Waals surface area contributed by atoms with E-state index in [1.54, 1.807) is 5.57 Å². The van der Waals surface area contributed by atoms with E-state index >= 15 is 0 Å². The largest absolute Gasteiger partial charge is 0.359 e. The number of hydrogen-bond acceptors (Lipinski definition) is 4. The van der Waals surface area contributed by atoms with Gasteiger partial charge in [0.15, 0.2) is 0 Å². The summed E-state index contributed by atoms with van der Waals surface area (Å²) in [5.74, 6) is 0.614. The monoisotopic (exact) mass is 419 g/mol. The lowest BCUT2D eigenvalue weighted by Gasteiger charge is -2.54. The highest BCUT2D eigenvalue weighted by Gasteiger charge is 2.66. The molecule has 4 unspecified atom stereocenters. The number of ether oxygens (including phenoxy) is 1. The van der Waals surface area contributed by atoms with Crippen LogP contribution >= 0.6 is 0 Å². The summed E-state index contributed by atoms with van der Waals surface area (Å²) in [6.07, 6.45) is 18.7. The number of fused-ring (bicyclic) bond motifs is 1. The topological polar surface area (TPSA) is 37.4 Å². The molecule has 6 rings (SSSR count). The molecule has 1 saturated heterocycles. The quantitative estimate of drug-likeness (QED) is 0.772. The molecule has 2 aliphatic heterocycles. The van der Waals surface area contributed by atoms with Crippen molar-refractivity contribution in [1.29, 1.82) is 0 Å². The molecule has 2 saturated carbocycles. The van der Waals surface area contributed by atoms with Crippen molar-refractivity contribution in [3.63, 3.8) is 0 Å². The van der Waals surface area contributed by atoms with Crippen LogP contribution < -0.4 is 5.32 Å². The Kier molecular flexibility index (Phi) is 4.55. The second-order valence-electron chi connectivity index (χ2n) is 11.3. The summed E-state index contributed by atoms with van der Waals surface area (Å²) in [6.45, 7) is 3.44. The predicted molar refractivity (Wildman–Crippen MR) is 124 cm³/mol. The molecule has 4 heteroatoms. The van der Waals surface area contributed by atoms with Gasteiger partial charge in [-0.05, 0) is 99.6 Å². The van der Waals surface area contributed by atoms with Crippen LogP contribution in [0, 0.1) is 11.3 Å². The van der Waals surface area contributed by atoms with Gasteiger partial charge in [-0.15, -0.1) is 0 Å². The SMILES string of the molecule is CN(C)C1CCC2=CC3=CCC4(C)C(NCc5cccnc5)CCC4[C@@]34CC[C@]2(C1)O4. The fraction of sp³-hybridized carbons (Fsp3) is 0.667. The van der Waals surface area contributed by atoms with Crippen molar-refractivity contribution in [2.75, 3.05) is 14.1 Å². The van der Waals surface area contributed by atoms with Crippen molar-refractivity contribution < 1.29 is 4.74 Å². The molecule has 1 aromatic heterocycles.